The van der Waals surface area contributed by atoms with Crippen LogP contribution >= 0.6 is 7.60 Å². The van der Waals surface area contributed by atoms with Crippen molar-refractivity contribution < 1.29 is 23.5 Å². The normalized spacial score (nSPS) is 11.7. The maximum atomic E-state index is 12.2. The van der Waals surface area contributed by atoms with Gasteiger partial charge in [-0.3, -0.25) is 9.36 Å². The zero-order valence-corrected chi connectivity index (χ0v) is 15.8. The van der Waals surface area contributed by atoms with E-state index in [1.54, 1.807) is 0 Å². The molecular formula is C17H35O5P. The van der Waals surface area contributed by atoms with Gasteiger partial charge in [0.1, 0.15) is 0 Å². The summed E-state index contributed by atoms with van der Waals surface area (Å²) < 4.78 is 22.8. The summed E-state index contributed by atoms with van der Waals surface area (Å²) in [6.07, 6.45) is 11.8. The van der Waals surface area contributed by atoms with E-state index in [1.807, 2.05) is 13.8 Å². The van der Waals surface area contributed by atoms with E-state index in [0.29, 0.717) is 25.8 Å². The Balaban J connectivity index is 3.38. The molecule has 0 aliphatic heterocycles. The van der Waals surface area contributed by atoms with Gasteiger partial charge in [-0.25, -0.2) is 0 Å². The van der Waals surface area contributed by atoms with E-state index >= 15 is 0 Å². The Hall–Kier alpha value is -0.380. The highest BCUT2D eigenvalue weighted by atomic mass is 31.2. The van der Waals surface area contributed by atoms with Gasteiger partial charge in [-0.2, -0.15) is 0 Å². The fourth-order valence-corrected chi connectivity index (χ4v) is 4.29. The van der Waals surface area contributed by atoms with Crippen LogP contribution < -0.4 is 0 Å². The molecule has 0 aliphatic carbocycles. The molecule has 0 fully saturated rings. The van der Waals surface area contributed by atoms with Gasteiger partial charge in [-0.15, -0.1) is 0 Å². The molecule has 0 spiro atoms. The van der Waals surface area contributed by atoms with E-state index < -0.39 is 13.6 Å². The highest BCUT2D eigenvalue weighted by Gasteiger charge is 2.22. The summed E-state index contributed by atoms with van der Waals surface area (Å²) in [5, 5.41) is 8.53. The summed E-state index contributed by atoms with van der Waals surface area (Å²) in [7, 11) is -2.85. The zero-order valence-electron chi connectivity index (χ0n) is 14.9. The van der Waals surface area contributed by atoms with Crippen LogP contribution in [0.2, 0.25) is 0 Å². The number of carboxylic acids is 1. The summed E-state index contributed by atoms with van der Waals surface area (Å²) in [6.45, 7) is 4.55. The molecule has 0 aliphatic rings. The SMILES string of the molecule is CCOP(=O)(CCCCCCCCCCCCC(=O)O)OCC. The Kier molecular flexibility index (Phi) is 14.9. The van der Waals surface area contributed by atoms with Crippen LogP contribution in [0, 0.1) is 0 Å². The van der Waals surface area contributed by atoms with Crippen molar-refractivity contribution in [3.63, 3.8) is 0 Å². The van der Waals surface area contributed by atoms with E-state index in [1.165, 1.54) is 25.7 Å². The third kappa shape index (κ3) is 14.9. The molecule has 23 heavy (non-hydrogen) atoms. The van der Waals surface area contributed by atoms with Crippen molar-refractivity contribution in [1.29, 1.82) is 0 Å². The number of carboxylic acid groups (broad SMARTS) is 1. The van der Waals surface area contributed by atoms with Crippen LogP contribution in [0.25, 0.3) is 0 Å². The maximum Gasteiger partial charge on any atom is 0.330 e. The average molecular weight is 350 g/mol. The fraction of sp³-hybridized carbons (Fsp3) is 0.941. The molecule has 0 heterocycles. The van der Waals surface area contributed by atoms with Crippen molar-refractivity contribution in [3.8, 4) is 0 Å². The first-order valence-electron chi connectivity index (χ1n) is 9.14. The molecule has 138 valence electrons. The minimum absolute atomic E-state index is 0.299. The van der Waals surface area contributed by atoms with Crippen LogP contribution in [-0.4, -0.2) is 30.5 Å². The topological polar surface area (TPSA) is 72.8 Å². The molecule has 0 saturated heterocycles. The molecule has 0 aromatic carbocycles. The lowest BCUT2D eigenvalue weighted by Gasteiger charge is -2.16. The molecule has 5 nitrogen and oxygen atoms in total. The van der Waals surface area contributed by atoms with Gasteiger partial charge in [-0.05, 0) is 26.7 Å². The summed E-state index contributed by atoms with van der Waals surface area (Å²) in [6, 6.07) is 0. The maximum absolute atomic E-state index is 12.2. The van der Waals surface area contributed by atoms with Crippen molar-refractivity contribution >= 4 is 13.6 Å². The Bertz CT molecular complexity index is 323. The molecule has 0 bridgehead atoms. The lowest BCUT2D eigenvalue weighted by Crippen LogP contribution is -2.00. The zero-order chi connectivity index (χ0) is 17.4. The molecule has 6 heteroatoms. The van der Waals surface area contributed by atoms with Crippen LogP contribution in [0.15, 0.2) is 0 Å². The van der Waals surface area contributed by atoms with Gasteiger partial charge >= 0.3 is 13.6 Å². The molecule has 1 N–H and O–H groups in total. The Morgan fingerprint density at radius 3 is 1.57 bits per heavy atom. The second-order valence-corrected chi connectivity index (χ2v) is 8.03. The first-order chi connectivity index (χ1) is 11.0. The van der Waals surface area contributed by atoms with Gasteiger partial charge in [0.05, 0.1) is 19.4 Å². The van der Waals surface area contributed by atoms with Crippen molar-refractivity contribution in [2.45, 2.75) is 84.5 Å². The summed E-state index contributed by atoms with van der Waals surface area (Å²) >= 11 is 0. The quantitative estimate of drug-likeness (QED) is 0.272. The smallest absolute Gasteiger partial charge is 0.330 e. The van der Waals surface area contributed by atoms with Gasteiger partial charge in [-0.1, -0.05) is 51.4 Å². The van der Waals surface area contributed by atoms with Gasteiger partial charge in [0, 0.05) is 6.42 Å². The number of rotatable bonds is 17. The molecule has 0 atom stereocenters. The molecule has 0 radical (unpaired) electrons. The monoisotopic (exact) mass is 350 g/mol. The Morgan fingerprint density at radius 2 is 1.17 bits per heavy atom. The van der Waals surface area contributed by atoms with E-state index in [4.69, 9.17) is 14.2 Å². The van der Waals surface area contributed by atoms with E-state index in [0.717, 1.165) is 38.5 Å². The minimum Gasteiger partial charge on any atom is -0.481 e. The first kappa shape index (κ1) is 22.6. The largest absolute Gasteiger partial charge is 0.481 e. The van der Waals surface area contributed by atoms with Crippen LogP contribution in [0.1, 0.15) is 84.5 Å². The van der Waals surface area contributed by atoms with Crippen molar-refractivity contribution in [2.75, 3.05) is 19.4 Å². The molecule has 0 aromatic heterocycles. The highest BCUT2D eigenvalue weighted by Crippen LogP contribution is 2.48. The number of carbonyl (C=O) groups is 1. The van der Waals surface area contributed by atoms with Gasteiger partial charge < -0.3 is 14.2 Å². The third-order valence-electron chi connectivity index (χ3n) is 3.72. The standard InChI is InChI=1S/C17H35O5P/c1-3-21-23(20,22-4-2)16-14-12-10-8-6-5-7-9-11-13-15-17(18)19/h3-16H2,1-2H3,(H,18,19). The van der Waals surface area contributed by atoms with Gasteiger partial charge in [0.15, 0.2) is 0 Å². The van der Waals surface area contributed by atoms with E-state index in [2.05, 4.69) is 0 Å². The van der Waals surface area contributed by atoms with Gasteiger partial charge in [0.25, 0.3) is 0 Å². The van der Waals surface area contributed by atoms with Crippen LogP contribution in [-0.2, 0) is 18.4 Å². The lowest BCUT2D eigenvalue weighted by atomic mass is 10.1. The second kappa shape index (κ2) is 15.2. The molecular weight excluding hydrogens is 315 g/mol. The lowest BCUT2D eigenvalue weighted by molar-refractivity contribution is -0.137. The van der Waals surface area contributed by atoms with Crippen molar-refractivity contribution in [3.05, 3.63) is 0 Å². The predicted molar refractivity (Wildman–Crippen MR) is 94.1 cm³/mol. The number of hydrogen-bond donors (Lipinski definition) is 1. The minimum atomic E-state index is -2.85. The average Bonchev–Trinajstić information content (AvgIpc) is 2.48. The number of hydrogen-bond acceptors (Lipinski definition) is 4. The number of aliphatic carboxylic acids is 1. The first-order valence-corrected chi connectivity index (χ1v) is 10.9. The Labute approximate surface area is 141 Å². The van der Waals surface area contributed by atoms with E-state index in [9.17, 15) is 9.36 Å². The number of unbranched alkanes of at least 4 members (excludes halogenated alkanes) is 9. The summed E-state index contributed by atoms with van der Waals surface area (Å²) in [5.74, 6) is -0.691. The predicted octanol–water partition coefficient (Wildman–Crippen LogP) is 5.63. The van der Waals surface area contributed by atoms with Crippen LogP contribution in [0.3, 0.4) is 0 Å². The van der Waals surface area contributed by atoms with Gasteiger partial charge in [0.2, 0.25) is 0 Å². The van der Waals surface area contributed by atoms with Crippen molar-refractivity contribution in [1.82, 2.24) is 0 Å². The van der Waals surface area contributed by atoms with Crippen molar-refractivity contribution in [2.24, 2.45) is 0 Å². The van der Waals surface area contributed by atoms with E-state index in [-0.39, 0.29) is 0 Å². The van der Waals surface area contributed by atoms with Crippen LogP contribution in [0.5, 0.6) is 0 Å². The molecule has 0 amide bonds. The summed E-state index contributed by atoms with van der Waals surface area (Å²) in [5.41, 5.74) is 0. The summed E-state index contributed by atoms with van der Waals surface area (Å²) in [4.78, 5) is 10.4. The fourth-order valence-electron chi connectivity index (χ4n) is 2.56. The second-order valence-electron chi connectivity index (χ2n) is 5.85. The molecule has 0 unspecified atom stereocenters. The molecule has 0 rings (SSSR count). The Morgan fingerprint density at radius 1 is 0.783 bits per heavy atom. The molecule has 0 aromatic rings. The molecule has 0 saturated carbocycles. The third-order valence-corrected chi connectivity index (χ3v) is 5.89. The van der Waals surface area contributed by atoms with Crippen LogP contribution in [0.4, 0.5) is 0 Å². The highest BCUT2D eigenvalue weighted by molar-refractivity contribution is 7.53.